The molecule has 8 heteroatoms. The monoisotopic (exact) mass is 350 g/mol. The molecule has 2 heterocycles. The first-order valence-electron chi connectivity index (χ1n) is 7.88. The number of rotatable bonds is 4. The van der Waals surface area contributed by atoms with Crippen LogP contribution in [0.4, 0.5) is 5.69 Å². The van der Waals surface area contributed by atoms with Gasteiger partial charge in [0.05, 0.1) is 0 Å². The van der Waals surface area contributed by atoms with E-state index >= 15 is 0 Å². The number of nitrogens with zero attached hydrogens (tertiary/aromatic N) is 3. The van der Waals surface area contributed by atoms with E-state index in [1.54, 1.807) is 13.8 Å². The highest BCUT2D eigenvalue weighted by atomic mass is 32.2. The van der Waals surface area contributed by atoms with Gasteiger partial charge < -0.3 is 10.3 Å². The molecule has 1 aromatic carbocycles. The Morgan fingerprint density at radius 1 is 1.21 bits per heavy atom. The largest absolute Gasteiger partial charge is 0.399 e. The van der Waals surface area contributed by atoms with Crippen LogP contribution in [0.1, 0.15) is 17.0 Å². The predicted octanol–water partition coefficient (Wildman–Crippen LogP) is 1.38. The van der Waals surface area contributed by atoms with Crippen LogP contribution in [0.3, 0.4) is 0 Å². The summed E-state index contributed by atoms with van der Waals surface area (Å²) in [5.41, 5.74) is 8.10. The van der Waals surface area contributed by atoms with Crippen LogP contribution in [0, 0.1) is 13.8 Å². The Morgan fingerprint density at radius 2 is 1.92 bits per heavy atom. The highest BCUT2D eigenvalue weighted by Crippen LogP contribution is 2.24. The number of aromatic nitrogens is 1. The average Bonchev–Trinajstić information content (AvgIpc) is 2.87. The number of sulfonamides is 1. The Kier molecular flexibility index (Phi) is 4.62. The van der Waals surface area contributed by atoms with E-state index in [9.17, 15) is 8.42 Å². The molecule has 0 bridgehead atoms. The van der Waals surface area contributed by atoms with Crippen molar-refractivity contribution in [2.45, 2.75) is 25.3 Å². The summed E-state index contributed by atoms with van der Waals surface area (Å²) in [7, 11) is -3.55. The summed E-state index contributed by atoms with van der Waals surface area (Å²) in [6, 6.07) is 7.77. The molecular formula is C16H22N4O3S. The number of hydrogen-bond donors (Lipinski definition) is 1. The quantitative estimate of drug-likeness (QED) is 0.838. The van der Waals surface area contributed by atoms with Crippen LogP contribution in [0.15, 0.2) is 33.7 Å². The minimum Gasteiger partial charge on any atom is -0.399 e. The zero-order chi connectivity index (χ0) is 17.3. The molecule has 2 N–H and O–H groups in total. The second-order valence-electron chi connectivity index (χ2n) is 6.08. The Morgan fingerprint density at radius 3 is 2.50 bits per heavy atom. The third-order valence-electron chi connectivity index (χ3n) is 4.25. The SMILES string of the molecule is Cc1noc(C)c1S(=O)(=O)N1CCN(Cc2cccc(N)c2)CC1. The van der Waals surface area contributed by atoms with Crippen molar-refractivity contribution < 1.29 is 12.9 Å². The van der Waals surface area contributed by atoms with Gasteiger partial charge in [0.1, 0.15) is 10.6 Å². The molecule has 1 aliphatic heterocycles. The number of piperazine rings is 1. The van der Waals surface area contributed by atoms with Crippen LogP contribution in [0.5, 0.6) is 0 Å². The summed E-state index contributed by atoms with van der Waals surface area (Å²) in [6.45, 7) is 6.31. The molecule has 0 amide bonds. The van der Waals surface area contributed by atoms with E-state index in [-0.39, 0.29) is 4.90 Å². The molecule has 2 aromatic rings. The third kappa shape index (κ3) is 3.31. The van der Waals surface area contributed by atoms with E-state index in [2.05, 4.69) is 10.1 Å². The highest BCUT2D eigenvalue weighted by molar-refractivity contribution is 7.89. The molecule has 0 unspecified atom stereocenters. The average molecular weight is 350 g/mol. The van der Waals surface area contributed by atoms with Crippen LogP contribution in [0.25, 0.3) is 0 Å². The fraction of sp³-hybridized carbons (Fsp3) is 0.438. The first-order valence-corrected chi connectivity index (χ1v) is 9.32. The minimum absolute atomic E-state index is 0.201. The Hall–Kier alpha value is -1.90. The van der Waals surface area contributed by atoms with Gasteiger partial charge in [-0.15, -0.1) is 0 Å². The molecule has 130 valence electrons. The fourth-order valence-corrected chi connectivity index (χ4v) is 4.76. The Labute approximate surface area is 142 Å². The van der Waals surface area contributed by atoms with Gasteiger partial charge in [0, 0.05) is 38.4 Å². The van der Waals surface area contributed by atoms with Gasteiger partial charge in [-0.25, -0.2) is 8.42 Å². The number of anilines is 1. The topological polar surface area (TPSA) is 92.7 Å². The normalized spacial score (nSPS) is 17.2. The van der Waals surface area contributed by atoms with Crippen molar-refractivity contribution in [3.05, 3.63) is 41.3 Å². The molecule has 7 nitrogen and oxygen atoms in total. The molecule has 3 rings (SSSR count). The van der Waals surface area contributed by atoms with Gasteiger partial charge in [-0.3, -0.25) is 4.90 Å². The molecule has 0 atom stereocenters. The lowest BCUT2D eigenvalue weighted by atomic mass is 10.2. The van der Waals surface area contributed by atoms with Crippen molar-refractivity contribution in [1.29, 1.82) is 0 Å². The van der Waals surface area contributed by atoms with Gasteiger partial charge >= 0.3 is 0 Å². The van der Waals surface area contributed by atoms with Gasteiger partial charge in [-0.05, 0) is 31.5 Å². The molecule has 0 saturated carbocycles. The first kappa shape index (κ1) is 16.9. The number of nitrogens with two attached hydrogens (primary N) is 1. The van der Waals surface area contributed by atoms with E-state index in [4.69, 9.17) is 10.3 Å². The predicted molar refractivity (Wildman–Crippen MR) is 90.9 cm³/mol. The number of hydrogen-bond acceptors (Lipinski definition) is 6. The van der Waals surface area contributed by atoms with E-state index in [0.29, 0.717) is 37.6 Å². The Bertz CT molecular complexity index is 804. The lowest BCUT2D eigenvalue weighted by Gasteiger charge is -2.33. The van der Waals surface area contributed by atoms with Crippen molar-refractivity contribution in [3.63, 3.8) is 0 Å². The zero-order valence-corrected chi connectivity index (χ0v) is 14.7. The van der Waals surface area contributed by atoms with E-state index in [0.717, 1.165) is 17.8 Å². The summed E-state index contributed by atoms with van der Waals surface area (Å²) in [5.74, 6) is 0.342. The molecular weight excluding hydrogens is 328 g/mol. The fourth-order valence-electron chi connectivity index (χ4n) is 3.05. The van der Waals surface area contributed by atoms with E-state index in [1.165, 1.54) is 4.31 Å². The maximum Gasteiger partial charge on any atom is 0.248 e. The lowest BCUT2D eigenvalue weighted by molar-refractivity contribution is 0.181. The summed E-state index contributed by atoms with van der Waals surface area (Å²) >= 11 is 0. The lowest BCUT2D eigenvalue weighted by Crippen LogP contribution is -2.48. The van der Waals surface area contributed by atoms with Crippen molar-refractivity contribution in [1.82, 2.24) is 14.4 Å². The minimum atomic E-state index is -3.55. The standard InChI is InChI=1S/C16H22N4O3S/c1-12-16(13(2)23-18-12)24(21,22)20-8-6-19(7-9-20)11-14-4-3-5-15(17)10-14/h3-5,10H,6-9,11,17H2,1-2H3. The number of nitrogen functional groups attached to an aromatic ring is 1. The second kappa shape index (κ2) is 6.54. The molecule has 0 spiro atoms. The van der Waals surface area contributed by atoms with Gasteiger partial charge in [-0.2, -0.15) is 4.31 Å². The van der Waals surface area contributed by atoms with Gasteiger partial charge in [0.2, 0.25) is 10.0 Å². The third-order valence-corrected chi connectivity index (χ3v) is 6.40. The van der Waals surface area contributed by atoms with Gasteiger partial charge in [0.25, 0.3) is 0 Å². The van der Waals surface area contributed by atoms with Crippen molar-refractivity contribution in [2.75, 3.05) is 31.9 Å². The van der Waals surface area contributed by atoms with Gasteiger partial charge in [-0.1, -0.05) is 17.3 Å². The summed E-state index contributed by atoms with van der Waals surface area (Å²) < 4.78 is 32.1. The second-order valence-corrected chi connectivity index (χ2v) is 7.95. The Balaban J connectivity index is 1.67. The smallest absolute Gasteiger partial charge is 0.248 e. The van der Waals surface area contributed by atoms with Crippen LogP contribution >= 0.6 is 0 Å². The van der Waals surface area contributed by atoms with Crippen LogP contribution in [0.2, 0.25) is 0 Å². The van der Waals surface area contributed by atoms with E-state index < -0.39 is 10.0 Å². The van der Waals surface area contributed by atoms with Gasteiger partial charge in [0.15, 0.2) is 5.76 Å². The van der Waals surface area contributed by atoms with Crippen LogP contribution < -0.4 is 5.73 Å². The highest BCUT2D eigenvalue weighted by Gasteiger charge is 2.33. The maximum absolute atomic E-state index is 12.8. The summed E-state index contributed by atoms with van der Waals surface area (Å²) in [6.07, 6.45) is 0. The van der Waals surface area contributed by atoms with Crippen LogP contribution in [-0.2, 0) is 16.6 Å². The molecule has 1 aliphatic rings. The molecule has 1 saturated heterocycles. The van der Waals surface area contributed by atoms with Crippen molar-refractivity contribution >= 4 is 15.7 Å². The first-order chi connectivity index (χ1) is 11.4. The molecule has 1 fully saturated rings. The number of aryl methyl sites for hydroxylation is 2. The van der Waals surface area contributed by atoms with Crippen molar-refractivity contribution in [2.24, 2.45) is 0 Å². The van der Waals surface area contributed by atoms with Crippen molar-refractivity contribution in [3.8, 4) is 0 Å². The molecule has 0 aliphatic carbocycles. The molecule has 0 radical (unpaired) electrons. The summed E-state index contributed by atoms with van der Waals surface area (Å²) in [5, 5.41) is 3.75. The van der Waals surface area contributed by atoms with E-state index in [1.807, 2.05) is 24.3 Å². The summed E-state index contributed by atoms with van der Waals surface area (Å²) in [4.78, 5) is 2.43. The maximum atomic E-state index is 12.8. The molecule has 24 heavy (non-hydrogen) atoms. The zero-order valence-electron chi connectivity index (χ0n) is 13.9. The van der Waals surface area contributed by atoms with Crippen LogP contribution in [-0.4, -0.2) is 49.0 Å². The molecule has 1 aromatic heterocycles. The number of benzene rings is 1.